The maximum Gasteiger partial charge on any atom is 0.574 e. The second kappa shape index (κ2) is 5.77. The van der Waals surface area contributed by atoms with Crippen molar-refractivity contribution in [3.63, 3.8) is 0 Å². The molecule has 8 heteroatoms. The number of halogens is 3. The van der Waals surface area contributed by atoms with Crippen LogP contribution in [0.1, 0.15) is 18.1 Å². The van der Waals surface area contributed by atoms with Crippen molar-refractivity contribution in [3.8, 4) is 11.6 Å². The molecule has 0 amide bonds. The molecule has 0 atom stereocenters. The number of aromatic hydroxyl groups is 1. The van der Waals surface area contributed by atoms with Crippen molar-refractivity contribution in [2.24, 2.45) is 0 Å². The van der Waals surface area contributed by atoms with E-state index in [2.05, 4.69) is 14.5 Å². The van der Waals surface area contributed by atoms with Crippen molar-refractivity contribution in [3.05, 3.63) is 17.3 Å². The maximum absolute atomic E-state index is 12.1. The number of esters is 1. The number of ether oxygens (including phenoxy) is 2. The summed E-state index contributed by atoms with van der Waals surface area (Å²) in [5, 5.41) is 9.52. The molecule has 1 rings (SSSR count). The largest absolute Gasteiger partial charge is 0.574 e. The SMILES string of the molecule is CCOC(=O)Cc1c(O)cnc(OC(F)(F)F)c1C. The molecule has 5 nitrogen and oxygen atoms in total. The number of carbonyl (C=O) groups excluding carboxylic acids is 1. The fourth-order valence-corrected chi connectivity index (χ4v) is 1.41. The molecule has 1 aromatic heterocycles. The summed E-state index contributed by atoms with van der Waals surface area (Å²) >= 11 is 0. The van der Waals surface area contributed by atoms with E-state index >= 15 is 0 Å². The Morgan fingerprint density at radius 1 is 1.47 bits per heavy atom. The van der Waals surface area contributed by atoms with E-state index in [1.54, 1.807) is 6.92 Å². The molecule has 0 aliphatic carbocycles. The van der Waals surface area contributed by atoms with Gasteiger partial charge in [-0.25, -0.2) is 4.98 Å². The zero-order chi connectivity index (χ0) is 14.6. The van der Waals surface area contributed by atoms with Crippen LogP contribution in [0, 0.1) is 6.92 Å². The normalized spacial score (nSPS) is 11.2. The Balaban J connectivity index is 3.03. The van der Waals surface area contributed by atoms with Crippen molar-refractivity contribution >= 4 is 5.97 Å². The standard InChI is InChI=1S/C11H12F3NO4/c1-3-18-9(17)4-7-6(2)10(15-5-8(7)16)19-11(12,13)14/h5,16H,3-4H2,1-2H3. The first kappa shape index (κ1) is 15.1. The van der Waals surface area contributed by atoms with Gasteiger partial charge in [-0.2, -0.15) is 0 Å². The van der Waals surface area contributed by atoms with Crippen LogP contribution in [0.2, 0.25) is 0 Å². The summed E-state index contributed by atoms with van der Waals surface area (Å²) in [5.74, 6) is -1.75. The lowest BCUT2D eigenvalue weighted by molar-refractivity contribution is -0.276. The molecule has 0 spiro atoms. The van der Waals surface area contributed by atoms with E-state index in [9.17, 15) is 23.1 Å². The van der Waals surface area contributed by atoms with Crippen LogP contribution < -0.4 is 4.74 Å². The molecule has 0 bridgehead atoms. The molecule has 0 saturated carbocycles. The highest BCUT2D eigenvalue weighted by molar-refractivity contribution is 5.74. The molecule has 1 N–H and O–H groups in total. The monoisotopic (exact) mass is 279 g/mol. The summed E-state index contributed by atoms with van der Waals surface area (Å²) in [6.45, 7) is 2.99. The van der Waals surface area contributed by atoms with Gasteiger partial charge in [0.15, 0.2) is 0 Å². The Labute approximate surface area is 107 Å². The van der Waals surface area contributed by atoms with Gasteiger partial charge in [0.1, 0.15) is 5.75 Å². The molecule has 0 fully saturated rings. The summed E-state index contributed by atoms with van der Waals surface area (Å²) in [6, 6.07) is 0. The van der Waals surface area contributed by atoms with Gasteiger partial charge < -0.3 is 14.6 Å². The number of hydrogen-bond acceptors (Lipinski definition) is 5. The lowest BCUT2D eigenvalue weighted by Crippen LogP contribution is -2.19. The smallest absolute Gasteiger partial charge is 0.506 e. The molecular weight excluding hydrogens is 267 g/mol. The predicted octanol–water partition coefficient (Wildman–Crippen LogP) is 2.10. The number of rotatable bonds is 4. The van der Waals surface area contributed by atoms with Crippen LogP contribution in [-0.2, 0) is 16.0 Å². The van der Waals surface area contributed by atoms with Gasteiger partial charge in [-0.05, 0) is 13.8 Å². The second-order valence-corrected chi connectivity index (χ2v) is 3.58. The van der Waals surface area contributed by atoms with Crippen LogP contribution in [0.4, 0.5) is 13.2 Å². The van der Waals surface area contributed by atoms with Crippen molar-refractivity contribution in [2.75, 3.05) is 6.61 Å². The van der Waals surface area contributed by atoms with Crippen LogP contribution in [-0.4, -0.2) is 29.0 Å². The highest BCUT2D eigenvalue weighted by Gasteiger charge is 2.33. The fraction of sp³-hybridized carbons (Fsp3) is 0.455. The van der Waals surface area contributed by atoms with E-state index in [0.717, 1.165) is 6.20 Å². The second-order valence-electron chi connectivity index (χ2n) is 3.58. The molecule has 19 heavy (non-hydrogen) atoms. The van der Waals surface area contributed by atoms with Gasteiger partial charge in [0, 0.05) is 11.1 Å². The van der Waals surface area contributed by atoms with E-state index < -0.39 is 18.2 Å². The number of nitrogens with zero attached hydrogens (tertiary/aromatic N) is 1. The third-order valence-corrected chi connectivity index (χ3v) is 2.23. The summed E-state index contributed by atoms with van der Waals surface area (Å²) in [7, 11) is 0. The molecule has 1 heterocycles. The molecule has 0 radical (unpaired) electrons. The van der Waals surface area contributed by atoms with Crippen LogP contribution in [0.5, 0.6) is 11.6 Å². The zero-order valence-electron chi connectivity index (χ0n) is 10.2. The van der Waals surface area contributed by atoms with Gasteiger partial charge in [-0.15, -0.1) is 13.2 Å². The first-order valence-corrected chi connectivity index (χ1v) is 5.33. The summed E-state index contributed by atoms with van der Waals surface area (Å²) in [6.07, 6.45) is -4.46. The average Bonchev–Trinajstić information content (AvgIpc) is 2.27. The molecule has 0 aromatic carbocycles. The Kier molecular flexibility index (Phi) is 4.57. The Hall–Kier alpha value is -1.99. The van der Waals surface area contributed by atoms with Gasteiger partial charge in [-0.3, -0.25) is 4.79 Å². The molecular formula is C11H12F3NO4. The average molecular weight is 279 g/mol. The van der Waals surface area contributed by atoms with Gasteiger partial charge in [0.05, 0.1) is 19.2 Å². The van der Waals surface area contributed by atoms with Crippen LogP contribution in [0.3, 0.4) is 0 Å². The van der Waals surface area contributed by atoms with Gasteiger partial charge >= 0.3 is 12.3 Å². The van der Waals surface area contributed by atoms with E-state index in [1.165, 1.54) is 6.92 Å². The molecule has 106 valence electrons. The summed E-state index contributed by atoms with van der Waals surface area (Å²) in [5.41, 5.74) is -0.0712. The van der Waals surface area contributed by atoms with Crippen molar-refractivity contribution < 1.29 is 32.5 Å². The molecule has 1 aromatic rings. The minimum Gasteiger partial charge on any atom is -0.506 e. The minimum absolute atomic E-state index is 0.00676. The first-order valence-electron chi connectivity index (χ1n) is 5.33. The Morgan fingerprint density at radius 3 is 2.63 bits per heavy atom. The predicted molar refractivity (Wildman–Crippen MR) is 57.7 cm³/mol. The van der Waals surface area contributed by atoms with Crippen molar-refractivity contribution in [2.45, 2.75) is 26.6 Å². The molecule has 0 aliphatic heterocycles. The lowest BCUT2D eigenvalue weighted by Gasteiger charge is -2.13. The van der Waals surface area contributed by atoms with E-state index in [1.807, 2.05) is 0 Å². The zero-order valence-corrected chi connectivity index (χ0v) is 10.2. The number of pyridine rings is 1. The van der Waals surface area contributed by atoms with Crippen LogP contribution in [0.15, 0.2) is 6.20 Å². The summed E-state index contributed by atoms with van der Waals surface area (Å²) in [4.78, 5) is 14.6. The Morgan fingerprint density at radius 2 is 2.11 bits per heavy atom. The molecule has 0 aliphatic rings. The van der Waals surface area contributed by atoms with Crippen molar-refractivity contribution in [1.29, 1.82) is 0 Å². The third kappa shape index (κ3) is 4.31. The third-order valence-electron chi connectivity index (χ3n) is 2.23. The van der Waals surface area contributed by atoms with Gasteiger partial charge in [0.25, 0.3) is 0 Å². The van der Waals surface area contributed by atoms with E-state index in [0.29, 0.717) is 0 Å². The Bertz CT molecular complexity index is 474. The lowest BCUT2D eigenvalue weighted by atomic mass is 10.1. The number of hydrogen-bond donors (Lipinski definition) is 1. The number of alkyl halides is 3. The number of carbonyl (C=O) groups is 1. The highest BCUT2D eigenvalue weighted by atomic mass is 19.4. The molecule has 0 saturated heterocycles. The fourth-order valence-electron chi connectivity index (χ4n) is 1.41. The first-order chi connectivity index (χ1) is 8.74. The van der Waals surface area contributed by atoms with Gasteiger partial charge in [-0.1, -0.05) is 0 Å². The van der Waals surface area contributed by atoms with Crippen LogP contribution in [0.25, 0.3) is 0 Å². The van der Waals surface area contributed by atoms with Crippen molar-refractivity contribution in [1.82, 2.24) is 4.98 Å². The quantitative estimate of drug-likeness (QED) is 0.855. The van der Waals surface area contributed by atoms with Crippen LogP contribution >= 0.6 is 0 Å². The number of aromatic nitrogens is 1. The summed E-state index contributed by atoms with van der Waals surface area (Å²) < 4.78 is 44.7. The molecule has 0 unspecified atom stereocenters. The van der Waals surface area contributed by atoms with E-state index in [4.69, 9.17) is 0 Å². The highest BCUT2D eigenvalue weighted by Crippen LogP contribution is 2.30. The van der Waals surface area contributed by atoms with Gasteiger partial charge in [0.2, 0.25) is 5.88 Å². The van der Waals surface area contributed by atoms with E-state index in [-0.39, 0.29) is 29.9 Å². The topological polar surface area (TPSA) is 68.7 Å². The minimum atomic E-state index is -4.89. The maximum atomic E-state index is 12.1.